The summed E-state index contributed by atoms with van der Waals surface area (Å²) < 4.78 is 0. The second-order valence-electron chi connectivity index (χ2n) is 4.46. The highest BCUT2D eigenvalue weighted by atomic mass is 35.5. The lowest BCUT2D eigenvalue weighted by Gasteiger charge is -2.17. The Morgan fingerprint density at radius 3 is 2.11 bits per heavy atom. The first kappa shape index (κ1) is 13.4. The third-order valence-electron chi connectivity index (χ3n) is 3.20. The van der Waals surface area contributed by atoms with E-state index in [1.54, 1.807) is 0 Å². The summed E-state index contributed by atoms with van der Waals surface area (Å²) in [5.41, 5.74) is 10.5. The quantitative estimate of drug-likeness (QED) is 0.850. The molecule has 2 aromatic carbocycles. The highest BCUT2D eigenvalue weighted by molar-refractivity contribution is 6.36. The Balaban J connectivity index is 2.48. The molecule has 0 spiro atoms. The SMILES string of the molecule is Cc1ccc(C(N)c2c(Cl)cccc2Cl)cc1C. The van der Waals surface area contributed by atoms with Gasteiger partial charge in [0.05, 0.1) is 6.04 Å². The van der Waals surface area contributed by atoms with Crippen LogP contribution in [0.1, 0.15) is 28.3 Å². The standard InChI is InChI=1S/C15H15Cl2N/c1-9-6-7-11(8-10(9)2)15(18)14-12(16)4-3-5-13(14)17/h3-8,15H,18H2,1-2H3. The monoisotopic (exact) mass is 279 g/mol. The second-order valence-corrected chi connectivity index (χ2v) is 5.27. The van der Waals surface area contributed by atoms with Crippen molar-refractivity contribution in [1.29, 1.82) is 0 Å². The number of nitrogens with two attached hydrogens (primary N) is 1. The molecule has 1 atom stereocenters. The fourth-order valence-electron chi connectivity index (χ4n) is 1.93. The van der Waals surface area contributed by atoms with Crippen LogP contribution in [-0.2, 0) is 0 Å². The zero-order valence-electron chi connectivity index (χ0n) is 10.4. The van der Waals surface area contributed by atoms with Gasteiger partial charge in [-0.2, -0.15) is 0 Å². The minimum Gasteiger partial charge on any atom is -0.320 e. The van der Waals surface area contributed by atoms with E-state index in [0.29, 0.717) is 10.0 Å². The molecule has 1 unspecified atom stereocenters. The second kappa shape index (κ2) is 5.31. The number of hydrogen-bond acceptors (Lipinski definition) is 1. The third-order valence-corrected chi connectivity index (χ3v) is 3.86. The van der Waals surface area contributed by atoms with Gasteiger partial charge in [0.1, 0.15) is 0 Å². The van der Waals surface area contributed by atoms with Crippen molar-refractivity contribution in [2.24, 2.45) is 5.73 Å². The van der Waals surface area contributed by atoms with Crippen LogP contribution in [0, 0.1) is 13.8 Å². The molecule has 1 nitrogen and oxygen atoms in total. The molecule has 0 aromatic heterocycles. The average molecular weight is 280 g/mol. The van der Waals surface area contributed by atoms with Crippen LogP contribution in [0.2, 0.25) is 10.0 Å². The molecule has 0 aliphatic rings. The van der Waals surface area contributed by atoms with Crippen LogP contribution in [0.25, 0.3) is 0 Å². The molecule has 0 bridgehead atoms. The summed E-state index contributed by atoms with van der Waals surface area (Å²) in [6, 6.07) is 11.3. The zero-order valence-corrected chi connectivity index (χ0v) is 11.9. The Bertz CT molecular complexity index is 558. The molecule has 2 aromatic rings. The molecule has 0 saturated heterocycles. The molecule has 0 heterocycles. The van der Waals surface area contributed by atoms with Crippen molar-refractivity contribution in [1.82, 2.24) is 0 Å². The van der Waals surface area contributed by atoms with Crippen LogP contribution in [0.3, 0.4) is 0 Å². The molecule has 94 valence electrons. The molecular weight excluding hydrogens is 265 g/mol. The first-order valence-corrected chi connectivity index (χ1v) is 6.53. The van der Waals surface area contributed by atoms with E-state index in [1.807, 2.05) is 24.3 Å². The van der Waals surface area contributed by atoms with E-state index in [2.05, 4.69) is 26.0 Å². The maximum atomic E-state index is 6.27. The Labute approximate surface area is 118 Å². The lowest BCUT2D eigenvalue weighted by molar-refractivity contribution is 0.869. The van der Waals surface area contributed by atoms with Crippen molar-refractivity contribution in [3.05, 3.63) is 68.7 Å². The summed E-state index contributed by atoms with van der Waals surface area (Å²) in [6.45, 7) is 4.15. The predicted molar refractivity (Wildman–Crippen MR) is 78.4 cm³/mol. The van der Waals surface area contributed by atoms with Crippen molar-refractivity contribution in [3.8, 4) is 0 Å². The Hall–Kier alpha value is -1.02. The van der Waals surface area contributed by atoms with Crippen LogP contribution in [0.4, 0.5) is 0 Å². The maximum absolute atomic E-state index is 6.27. The van der Waals surface area contributed by atoms with Crippen LogP contribution < -0.4 is 5.73 Å². The minimum atomic E-state index is -0.300. The van der Waals surface area contributed by atoms with Crippen molar-refractivity contribution < 1.29 is 0 Å². The normalized spacial score (nSPS) is 12.5. The highest BCUT2D eigenvalue weighted by Crippen LogP contribution is 2.33. The van der Waals surface area contributed by atoms with E-state index in [-0.39, 0.29) is 6.04 Å². The van der Waals surface area contributed by atoms with Crippen molar-refractivity contribution in [3.63, 3.8) is 0 Å². The van der Waals surface area contributed by atoms with Gasteiger partial charge in [-0.05, 0) is 42.7 Å². The van der Waals surface area contributed by atoms with Gasteiger partial charge in [0.15, 0.2) is 0 Å². The Kier molecular flexibility index (Phi) is 3.96. The van der Waals surface area contributed by atoms with Crippen LogP contribution >= 0.6 is 23.2 Å². The lowest BCUT2D eigenvalue weighted by atomic mass is 9.96. The molecule has 0 radical (unpaired) electrons. The fraction of sp³-hybridized carbons (Fsp3) is 0.200. The van der Waals surface area contributed by atoms with Gasteiger partial charge < -0.3 is 5.73 Å². The molecule has 0 aliphatic heterocycles. The highest BCUT2D eigenvalue weighted by Gasteiger charge is 2.16. The molecule has 0 aliphatic carbocycles. The number of aryl methyl sites for hydroxylation is 2. The molecule has 2 rings (SSSR count). The molecule has 18 heavy (non-hydrogen) atoms. The summed E-state index contributed by atoms with van der Waals surface area (Å²) in [6.07, 6.45) is 0. The lowest BCUT2D eigenvalue weighted by Crippen LogP contribution is -2.13. The van der Waals surface area contributed by atoms with E-state index in [0.717, 1.165) is 11.1 Å². The van der Waals surface area contributed by atoms with Gasteiger partial charge in [-0.15, -0.1) is 0 Å². The molecule has 0 amide bonds. The molecule has 0 saturated carbocycles. The van der Waals surface area contributed by atoms with Crippen LogP contribution in [0.5, 0.6) is 0 Å². The van der Waals surface area contributed by atoms with Crippen molar-refractivity contribution in [2.45, 2.75) is 19.9 Å². The number of hydrogen-bond donors (Lipinski definition) is 1. The Morgan fingerprint density at radius 2 is 1.56 bits per heavy atom. The summed E-state index contributed by atoms with van der Waals surface area (Å²) >= 11 is 12.4. The zero-order chi connectivity index (χ0) is 13.3. The molecule has 3 heteroatoms. The van der Waals surface area contributed by atoms with Gasteiger partial charge in [0, 0.05) is 15.6 Å². The smallest absolute Gasteiger partial charge is 0.0581 e. The van der Waals surface area contributed by atoms with Crippen LogP contribution in [0.15, 0.2) is 36.4 Å². The average Bonchev–Trinajstić information content (AvgIpc) is 2.32. The summed E-state index contributed by atoms with van der Waals surface area (Å²) in [5, 5.41) is 1.21. The summed E-state index contributed by atoms with van der Waals surface area (Å²) in [7, 11) is 0. The number of halogens is 2. The molecular formula is C15H15Cl2N. The largest absolute Gasteiger partial charge is 0.320 e. The topological polar surface area (TPSA) is 26.0 Å². The Morgan fingerprint density at radius 1 is 0.944 bits per heavy atom. The first-order chi connectivity index (χ1) is 8.50. The van der Waals surface area contributed by atoms with E-state index < -0.39 is 0 Å². The predicted octanol–water partition coefficient (Wildman–Crippen LogP) is 4.66. The van der Waals surface area contributed by atoms with E-state index in [4.69, 9.17) is 28.9 Å². The number of benzene rings is 2. The first-order valence-electron chi connectivity index (χ1n) is 5.77. The van der Waals surface area contributed by atoms with Gasteiger partial charge >= 0.3 is 0 Å². The number of rotatable bonds is 2. The van der Waals surface area contributed by atoms with E-state index in [1.165, 1.54) is 11.1 Å². The van der Waals surface area contributed by atoms with Crippen LogP contribution in [-0.4, -0.2) is 0 Å². The van der Waals surface area contributed by atoms with Gasteiger partial charge in [0.25, 0.3) is 0 Å². The van der Waals surface area contributed by atoms with Gasteiger partial charge in [0.2, 0.25) is 0 Å². The summed E-state index contributed by atoms with van der Waals surface area (Å²) in [4.78, 5) is 0. The van der Waals surface area contributed by atoms with Gasteiger partial charge in [-0.3, -0.25) is 0 Å². The molecule has 0 fully saturated rings. The van der Waals surface area contributed by atoms with E-state index in [9.17, 15) is 0 Å². The van der Waals surface area contributed by atoms with Gasteiger partial charge in [-0.25, -0.2) is 0 Å². The van der Waals surface area contributed by atoms with Crippen molar-refractivity contribution in [2.75, 3.05) is 0 Å². The molecule has 2 N–H and O–H groups in total. The van der Waals surface area contributed by atoms with E-state index >= 15 is 0 Å². The summed E-state index contributed by atoms with van der Waals surface area (Å²) in [5.74, 6) is 0. The maximum Gasteiger partial charge on any atom is 0.0581 e. The van der Waals surface area contributed by atoms with Gasteiger partial charge in [-0.1, -0.05) is 47.5 Å². The third kappa shape index (κ3) is 2.54. The fourth-order valence-corrected chi connectivity index (χ4v) is 2.57. The van der Waals surface area contributed by atoms with Crippen molar-refractivity contribution >= 4 is 23.2 Å². The minimum absolute atomic E-state index is 0.300.